The summed E-state index contributed by atoms with van der Waals surface area (Å²) in [6.07, 6.45) is 1.03. The first-order valence-corrected chi connectivity index (χ1v) is 8.85. The zero-order valence-electron chi connectivity index (χ0n) is 13.0. The second-order valence-electron chi connectivity index (χ2n) is 4.97. The quantitative estimate of drug-likeness (QED) is 0.728. The Morgan fingerprint density at radius 3 is 2.62 bits per heavy atom. The van der Waals surface area contributed by atoms with Crippen molar-refractivity contribution in [1.29, 1.82) is 0 Å². The van der Waals surface area contributed by atoms with Gasteiger partial charge in [-0.05, 0) is 37.6 Å². The molecule has 6 heteroatoms. The second-order valence-corrected chi connectivity index (χ2v) is 6.91. The van der Waals surface area contributed by atoms with Gasteiger partial charge in [0.25, 0.3) is 0 Å². The van der Waals surface area contributed by atoms with Crippen LogP contribution in [-0.4, -0.2) is 44.1 Å². The first kappa shape index (κ1) is 18.1. The number of benzene rings is 1. The van der Waals surface area contributed by atoms with E-state index in [-0.39, 0.29) is 24.1 Å². The number of aliphatic hydroxyl groups excluding tert-OH is 1. The molecule has 0 radical (unpaired) electrons. The minimum atomic E-state index is -3.54. The summed E-state index contributed by atoms with van der Waals surface area (Å²) in [4.78, 5) is 0.278. The van der Waals surface area contributed by atoms with Crippen molar-refractivity contribution in [2.24, 2.45) is 0 Å². The summed E-state index contributed by atoms with van der Waals surface area (Å²) in [5.74, 6) is 0. The average Bonchev–Trinajstić information content (AvgIpc) is 2.50. The third kappa shape index (κ3) is 4.78. The predicted molar refractivity (Wildman–Crippen MR) is 84.7 cm³/mol. The molecule has 1 rings (SSSR count). The number of nitrogens with one attached hydrogen (secondary N) is 1. The van der Waals surface area contributed by atoms with E-state index in [4.69, 9.17) is 5.11 Å². The zero-order valence-corrected chi connectivity index (χ0v) is 13.9. The summed E-state index contributed by atoms with van der Waals surface area (Å²) in [5.41, 5.74) is 0.949. The molecular weight excluding hydrogens is 288 g/mol. The standard InChI is InChI=1S/C15H26N2O3S/c1-4-9-16-13(3)14-7-6-8-15(12-14)21(19,20)17(5-2)10-11-18/h6-8,12-13,16,18H,4-5,9-11H2,1-3H3. The highest BCUT2D eigenvalue weighted by Gasteiger charge is 2.23. The molecule has 0 bridgehead atoms. The third-order valence-corrected chi connectivity index (χ3v) is 5.37. The Kier molecular flexibility index (Phi) is 7.31. The molecule has 1 unspecified atom stereocenters. The van der Waals surface area contributed by atoms with Gasteiger partial charge in [-0.25, -0.2) is 8.42 Å². The highest BCUT2D eigenvalue weighted by atomic mass is 32.2. The normalized spacial score (nSPS) is 13.6. The number of aliphatic hydroxyl groups is 1. The monoisotopic (exact) mass is 314 g/mol. The molecule has 0 aromatic heterocycles. The van der Waals surface area contributed by atoms with Crippen LogP contribution in [0.5, 0.6) is 0 Å². The van der Waals surface area contributed by atoms with Crippen LogP contribution in [0.1, 0.15) is 38.8 Å². The smallest absolute Gasteiger partial charge is 0.243 e. The van der Waals surface area contributed by atoms with Crippen molar-refractivity contribution in [1.82, 2.24) is 9.62 Å². The van der Waals surface area contributed by atoms with Gasteiger partial charge in [0.1, 0.15) is 0 Å². The first-order valence-electron chi connectivity index (χ1n) is 7.41. The van der Waals surface area contributed by atoms with Gasteiger partial charge >= 0.3 is 0 Å². The first-order chi connectivity index (χ1) is 9.97. The van der Waals surface area contributed by atoms with Crippen LogP contribution in [0.2, 0.25) is 0 Å². The molecule has 1 atom stereocenters. The van der Waals surface area contributed by atoms with Gasteiger partial charge in [0.15, 0.2) is 0 Å². The molecule has 21 heavy (non-hydrogen) atoms. The number of likely N-dealkylation sites (N-methyl/N-ethyl adjacent to an activating group) is 1. The van der Waals surface area contributed by atoms with Gasteiger partial charge in [-0.2, -0.15) is 4.31 Å². The molecule has 0 heterocycles. The molecular formula is C15H26N2O3S. The van der Waals surface area contributed by atoms with E-state index in [2.05, 4.69) is 12.2 Å². The molecule has 120 valence electrons. The van der Waals surface area contributed by atoms with Crippen LogP contribution < -0.4 is 5.32 Å². The molecule has 1 aromatic rings. The van der Waals surface area contributed by atoms with Crippen LogP contribution in [0.25, 0.3) is 0 Å². The molecule has 0 saturated heterocycles. The predicted octanol–water partition coefficient (Wildman–Crippen LogP) is 1.75. The van der Waals surface area contributed by atoms with E-state index in [1.165, 1.54) is 4.31 Å². The van der Waals surface area contributed by atoms with Crippen molar-refractivity contribution in [3.8, 4) is 0 Å². The van der Waals surface area contributed by atoms with Gasteiger partial charge in [-0.15, -0.1) is 0 Å². The van der Waals surface area contributed by atoms with E-state index < -0.39 is 10.0 Å². The SMILES string of the molecule is CCCNC(C)c1cccc(S(=O)(=O)N(CC)CCO)c1. The average molecular weight is 314 g/mol. The van der Waals surface area contributed by atoms with Crippen LogP contribution in [0, 0.1) is 0 Å². The fourth-order valence-electron chi connectivity index (χ4n) is 2.13. The molecule has 0 spiro atoms. The molecule has 2 N–H and O–H groups in total. The van der Waals surface area contributed by atoms with Crippen LogP contribution in [0.3, 0.4) is 0 Å². The molecule has 0 aliphatic heterocycles. The Labute approximate surface area is 128 Å². The van der Waals surface area contributed by atoms with E-state index in [0.29, 0.717) is 6.54 Å². The van der Waals surface area contributed by atoms with Gasteiger partial charge in [-0.1, -0.05) is 26.0 Å². The highest BCUT2D eigenvalue weighted by molar-refractivity contribution is 7.89. The zero-order chi connectivity index (χ0) is 15.9. The van der Waals surface area contributed by atoms with Crippen molar-refractivity contribution in [3.63, 3.8) is 0 Å². The fourth-order valence-corrected chi connectivity index (χ4v) is 3.63. The van der Waals surface area contributed by atoms with Gasteiger partial charge < -0.3 is 10.4 Å². The van der Waals surface area contributed by atoms with Crippen LogP contribution >= 0.6 is 0 Å². The van der Waals surface area contributed by atoms with E-state index in [1.54, 1.807) is 25.1 Å². The maximum atomic E-state index is 12.5. The lowest BCUT2D eigenvalue weighted by Crippen LogP contribution is -2.33. The second kappa shape index (κ2) is 8.48. The summed E-state index contributed by atoms with van der Waals surface area (Å²) < 4.78 is 26.4. The lowest BCUT2D eigenvalue weighted by atomic mass is 10.1. The van der Waals surface area contributed by atoms with Crippen LogP contribution in [0.15, 0.2) is 29.2 Å². The molecule has 0 fully saturated rings. The van der Waals surface area contributed by atoms with Gasteiger partial charge in [-0.3, -0.25) is 0 Å². The maximum absolute atomic E-state index is 12.5. The number of rotatable bonds is 9. The molecule has 1 aromatic carbocycles. The van der Waals surface area contributed by atoms with Gasteiger partial charge in [0, 0.05) is 19.1 Å². The summed E-state index contributed by atoms with van der Waals surface area (Å²) >= 11 is 0. The van der Waals surface area contributed by atoms with Gasteiger partial charge in [0.05, 0.1) is 11.5 Å². The van der Waals surface area contributed by atoms with E-state index in [9.17, 15) is 8.42 Å². The minimum absolute atomic E-state index is 0.105. The largest absolute Gasteiger partial charge is 0.395 e. The summed E-state index contributed by atoms with van der Waals surface area (Å²) in [5, 5.41) is 12.3. The lowest BCUT2D eigenvalue weighted by Gasteiger charge is -2.20. The van der Waals surface area contributed by atoms with Crippen molar-refractivity contribution < 1.29 is 13.5 Å². The summed E-state index contributed by atoms with van der Waals surface area (Å²) in [6.45, 7) is 7.05. The molecule has 0 aliphatic rings. The van der Waals surface area contributed by atoms with Crippen LogP contribution in [-0.2, 0) is 10.0 Å². The Morgan fingerprint density at radius 1 is 1.33 bits per heavy atom. The summed E-state index contributed by atoms with van der Waals surface area (Å²) in [6, 6.07) is 7.11. The lowest BCUT2D eigenvalue weighted by molar-refractivity contribution is 0.257. The number of hydrogen-bond acceptors (Lipinski definition) is 4. The fraction of sp³-hybridized carbons (Fsp3) is 0.600. The molecule has 5 nitrogen and oxygen atoms in total. The Bertz CT molecular complexity index is 531. The molecule has 0 saturated carbocycles. The highest BCUT2D eigenvalue weighted by Crippen LogP contribution is 2.20. The Balaban J connectivity index is 3.03. The van der Waals surface area contributed by atoms with Crippen molar-refractivity contribution in [2.45, 2.75) is 38.1 Å². The molecule has 0 amide bonds. The number of hydrogen-bond donors (Lipinski definition) is 2. The summed E-state index contributed by atoms with van der Waals surface area (Å²) in [7, 11) is -3.54. The minimum Gasteiger partial charge on any atom is -0.395 e. The van der Waals surface area contributed by atoms with Crippen molar-refractivity contribution in [3.05, 3.63) is 29.8 Å². The number of nitrogens with zero attached hydrogens (tertiary/aromatic N) is 1. The van der Waals surface area contributed by atoms with Crippen molar-refractivity contribution >= 4 is 10.0 Å². The number of sulfonamides is 1. The Hall–Kier alpha value is -0.950. The molecule has 0 aliphatic carbocycles. The van der Waals surface area contributed by atoms with Crippen LogP contribution in [0.4, 0.5) is 0 Å². The third-order valence-electron chi connectivity index (χ3n) is 3.40. The van der Waals surface area contributed by atoms with Crippen molar-refractivity contribution in [2.75, 3.05) is 26.2 Å². The maximum Gasteiger partial charge on any atom is 0.243 e. The van der Waals surface area contributed by atoms with E-state index in [0.717, 1.165) is 18.5 Å². The van der Waals surface area contributed by atoms with E-state index >= 15 is 0 Å². The van der Waals surface area contributed by atoms with E-state index in [1.807, 2.05) is 13.0 Å². The van der Waals surface area contributed by atoms with Gasteiger partial charge in [0.2, 0.25) is 10.0 Å². The topological polar surface area (TPSA) is 69.6 Å². The Morgan fingerprint density at radius 2 is 2.05 bits per heavy atom.